The van der Waals surface area contributed by atoms with E-state index in [2.05, 4.69) is 0 Å². The van der Waals surface area contributed by atoms with Gasteiger partial charge in [0, 0.05) is 18.7 Å². The van der Waals surface area contributed by atoms with Gasteiger partial charge in [-0.15, -0.1) is 0 Å². The van der Waals surface area contributed by atoms with E-state index in [1.165, 1.54) is 16.8 Å². The highest BCUT2D eigenvalue weighted by molar-refractivity contribution is 5.87. The van der Waals surface area contributed by atoms with Crippen molar-refractivity contribution in [1.29, 1.82) is 0 Å². The van der Waals surface area contributed by atoms with Crippen molar-refractivity contribution in [3.05, 3.63) is 64.1 Å². The summed E-state index contributed by atoms with van der Waals surface area (Å²) in [5.41, 5.74) is 0.805. The van der Waals surface area contributed by atoms with E-state index in [0.717, 1.165) is 23.8 Å². The monoisotopic (exact) mass is 271 g/mol. The van der Waals surface area contributed by atoms with Crippen LogP contribution in [-0.2, 0) is 13.0 Å². The minimum atomic E-state index is -1.10. The van der Waals surface area contributed by atoms with Gasteiger partial charge in [-0.1, -0.05) is 18.2 Å². The molecule has 102 valence electrons. The normalized spacial score (nSPS) is 16.5. The molecule has 1 N–H and O–H groups in total. The largest absolute Gasteiger partial charge is 0.488 e. The Labute approximate surface area is 115 Å². The quantitative estimate of drug-likeness (QED) is 0.919. The SMILES string of the molecule is O=C(O)c1ccn(CC2Cc3ccccc3O2)c(=O)c1. The molecule has 0 spiro atoms. The van der Waals surface area contributed by atoms with Gasteiger partial charge >= 0.3 is 5.97 Å². The summed E-state index contributed by atoms with van der Waals surface area (Å²) in [6.45, 7) is 0.410. The van der Waals surface area contributed by atoms with Gasteiger partial charge < -0.3 is 14.4 Å². The average molecular weight is 271 g/mol. The number of nitrogens with zero attached hydrogens (tertiary/aromatic N) is 1. The van der Waals surface area contributed by atoms with Gasteiger partial charge in [-0.05, 0) is 17.7 Å². The van der Waals surface area contributed by atoms with Gasteiger partial charge in [0.1, 0.15) is 11.9 Å². The Hall–Kier alpha value is -2.56. The molecule has 2 heterocycles. The summed E-state index contributed by atoms with van der Waals surface area (Å²) in [4.78, 5) is 22.6. The Morgan fingerprint density at radius 1 is 1.35 bits per heavy atom. The fourth-order valence-corrected chi connectivity index (χ4v) is 2.37. The molecule has 20 heavy (non-hydrogen) atoms. The molecule has 1 aliphatic heterocycles. The molecule has 1 aromatic carbocycles. The molecule has 0 fully saturated rings. The van der Waals surface area contributed by atoms with Crippen molar-refractivity contribution in [2.45, 2.75) is 19.1 Å². The molecule has 0 radical (unpaired) electrons. The van der Waals surface area contributed by atoms with Crippen molar-refractivity contribution in [3.8, 4) is 5.75 Å². The van der Waals surface area contributed by atoms with Gasteiger partial charge in [-0.2, -0.15) is 0 Å². The lowest BCUT2D eigenvalue weighted by Crippen LogP contribution is -2.28. The van der Waals surface area contributed by atoms with Crippen LogP contribution >= 0.6 is 0 Å². The summed E-state index contributed by atoms with van der Waals surface area (Å²) in [7, 11) is 0. The molecule has 1 aliphatic rings. The van der Waals surface area contributed by atoms with Crippen molar-refractivity contribution >= 4 is 5.97 Å². The minimum Gasteiger partial charge on any atom is -0.488 e. The van der Waals surface area contributed by atoms with E-state index < -0.39 is 5.97 Å². The number of carboxylic acid groups (broad SMARTS) is 1. The minimum absolute atomic E-state index is 0.00174. The standard InChI is InChI=1S/C15H13NO4/c17-14-8-11(15(18)19)5-6-16(14)9-12-7-10-3-1-2-4-13(10)20-12/h1-6,8,12H,7,9H2,(H,18,19). The first-order chi connectivity index (χ1) is 9.63. The van der Waals surface area contributed by atoms with Crippen LogP contribution in [0.15, 0.2) is 47.4 Å². The second kappa shape index (κ2) is 4.85. The van der Waals surface area contributed by atoms with Gasteiger partial charge in [-0.3, -0.25) is 4.79 Å². The lowest BCUT2D eigenvalue weighted by molar-refractivity contribution is 0.0696. The number of fused-ring (bicyclic) bond motifs is 1. The van der Waals surface area contributed by atoms with Crippen molar-refractivity contribution in [2.75, 3.05) is 0 Å². The number of aromatic nitrogens is 1. The van der Waals surface area contributed by atoms with E-state index in [9.17, 15) is 9.59 Å². The van der Waals surface area contributed by atoms with Crippen LogP contribution in [0.25, 0.3) is 0 Å². The molecule has 0 saturated heterocycles. The lowest BCUT2D eigenvalue weighted by atomic mass is 10.1. The summed E-state index contributed by atoms with van der Waals surface area (Å²) < 4.78 is 7.24. The Morgan fingerprint density at radius 3 is 2.85 bits per heavy atom. The fourth-order valence-electron chi connectivity index (χ4n) is 2.37. The molecular formula is C15H13NO4. The number of ether oxygens (including phenoxy) is 1. The maximum absolute atomic E-state index is 11.8. The Morgan fingerprint density at radius 2 is 2.15 bits per heavy atom. The predicted molar refractivity (Wildman–Crippen MR) is 72.2 cm³/mol. The molecule has 0 bridgehead atoms. The van der Waals surface area contributed by atoms with Crippen LogP contribution in [0, 0.1) is 0 Å². The number of benzene rings is 1. The van der Waals surface area contributed by atoms with Crippen molar-refractivity contribution in [1.82, 2.24) is 4.57 Å². The third-order valence-electron chi connectivity index (χ3n) is 3.36. The van der Waals surface area contributed by atoms with Crippen LogP contribution in [0.3, 0.4) is 0 Å². The summed E-state index contributed by atoms with van der Waals surface area (Å²) in [5, 5.41) is 8.83. The van der Waals surface area contributed by atoms with Crippen LogP contribution in [-0.4, -0.2) is 21.7 Å². The van der Waals surface area contributed by atoms with E-state index in [-0.39, 0.29) is 17.2 Å². The molecule has 0 saturated carbocycles. The van der Waals surface area contributed by atoms with Gasteiger partial charge in [0.2, 0.25) is 0 Å². The van der Waals surface area contributed by atoms with E-state index >= 15 is 0 Å². The first-order valence-corrected chi connectivity index (χ1v) is 6.32. The zero-order valence-electron chi connectivity index (χ0n) is 10.7. The fraction of sp³-hybridized carbons (Fsp3) is 0.200. The van der Waals surface area contributed by atoms with E-state index in [0.29, 0.717) is 6.54 Å². The number of para-hydroxylation sites is 1. The average Bonchev–Trinajstić information content (AvgIpc) is 2.83. The van der Waals surface area contributed by atoms with Gasteiger partial charge in [0.15, 0.2) is 0 Å². The molecular weight excluding hydrogens is 258 g/mol. The molecule has 2 aromatic rings. The van der Waals surface area contributed by atoms with E-state index in [1.54, 1.807) is 0 Å². The highest BCUT2D eigenvalue weighted by atomic mass is 16.5. The smallest absolute Gasteiger partial charge is 0.335 e. The van der Waals surface area contributed by atoms with Crippen LogP contribution < -0.4 is 10.3 Å². The third-order valence-corrected chi connectivity index (χ3v) is 3.36. The molecule has 5 nitrogen and oxygen atoms in total. The first-order valence-electron chi connectivity index (χ1n) is 6.32. The summed E-state index contributed by atoms with van der Waals surface area (Å²) in [5.74, 6) is -0.244. The molecule has 0 amide bonds. The molecule has 0 aliphatic carbocycles. The van der Waals surface area contributed by atoms with E-state index in [4.69, 9.17) is 9.84 Å². The van der Waals surface area contributed by atoms with Crippen molar-refractivity contribution in [3.63, 3.8) is 0 Å². The molecule has 1 aromatic heterocycles. The second-order valence-corrected chi connectivity index (χ2v) is 4.76. The topological polar surface area (TPSA) is 68.5 Å². The number of carboxylic acids is 1. The Kier molecular flexibility index (Phi) is 3.02. The molecule has 5 heteroatoms. The lowest BCUT2D eigenvalue weighted by Gasteiger charge is -2.12. The van der Waals surface area contributed by atoms with Crippen LogP contribution in [0.5, 0.6) is 5.75 Å². The maximum Gasteiger partial charge on any atom is 0.335 e. The number of pyridine rings is 1. The number of hydrogen-bond donors (Lipinski definition) is 1. The number of carbonyl (C=O) groups is 1. The molecule has 3 rings (SSSR count). The molecule has 1 unspecified atom stereocenters. The van der Waals surface area contributed by atoms with Crippen LogP contribution in [0.1, 0.15) is 15.9 Å². The number of aromatic carboxylic acids is 1. The Balaban J connectivity index is 1.77. The Bertz CT molecular complexity index is 695. The van der Waals surface area contributed by atoms with Gasteiger partial charge in [0.25, 0.3) is 5.56 Å². The number of hydrogen-bond acceptors (Lipinski definition) is 3. The van der Waals surface area contributed by atoms with Crippen molar-refractivity contribution in [2.24, 2.45) is 0 Å². The summed E-state index contributed by atoms with van der Waals surface area (Å²) in [6, 6.07) is 10.3. The predicted octanol–water partition coefficient (Wildman–Crippen LogP) is 1.55. The highest BCUT2D eigenvalue weighted by Crippen LogP contribution is 2.28. The van der Waals surface area contributed by atoms with Crippen LogP contribution in [0.2, 0.25) is 0 Å². The first kappa shape index (κ1) is 12.5. The maximum atomic E-state index is 11.8. The zero-order valence-corrected chi connectivity index (χ0v) is 10.7. The summed E-state index contributed by atoms with van der Waals surface area (Å²) in [6.07, 6.45) is 2.15. The number of rotatable bonds is 3. The molecule has 1 atom stereocenters. The van der Waals surface area contributed by atoms with Crippen LogP contribution in [0.4, 0.5) is 0 Å². The van der Waals surface area contributed by atoms with Gasteiger partial charge in [-0.25, -0.2) is 4.79 Å². The third kappa shape index (κ3) is 2.30. The second-order valence-electron chi connectivity index (χ2n) is 4.76. The van der Waals surface area contributed by atoms with Crippen molar-refractivity contribution < 1.29 is 14.6 Å². The van der Waals surface area contributed by atoms with E-state index in [1.807, 2.05) is 24.3 Å². The van der Waals surface area contributed by atoms with Gasteiger partial charge in [0.05, 0.1) is 12.1 Å². The highest BCUT2D eigenvalue weighted by Gasteiger charge is 2.22. The summed E-state index contributed by atoms with van der Waals surface area (Å²) >= 11 is 0. The zero-order chi connectivity index (χ0) is 14.1.